The molecule has 3 aromatic rings. The monoisotopic (exact) mass is 313 g/mol. The van der Waals surface area contributed by atoms with Crippen LogP contribution in [-0.2, 0) is 0 Å². The highest BCUT2D eigenvalue weighted by Gasteiger charge is 2.10. The molecule has 116 valence electrons. The fraction of sp³-hybridized carbons (Fsp3) is 0.0714. The molecule has 0 aliphatic heterocycles. The topological polar surface area (TPSA) is 123 Å². The Bertz CT molecular complexity index is 848. The van der Waals surface area contributed by atoms with E-state index in [2.05, 4.69) is 25.5 Å². The smallest absolute Gasteiger partial charge is 0.409 e. The molecule has 2 aromatic heterocycles. The third kappa shape index (κ3) is 3.59. The molecule has 1 amide bonds. The molecule has 2 heterocycles. The van der Waals surface area contributed by atoms with Crippen molar-refractivity contribution < 1.29 is 19.1 Å². The van der Waals surface area contributed by atoms with E-state index in [0.29, 0.717) is 23.0 Å². The summed E-state index contributed by atoms with van der Waals surface area (Å²) in [7, 11) is 0. The number of benzene rings is 1. The largest absolute Gasteiger partial charge is 0.465 e. The highest BCUT2D eigenvalue weighted by atomic mass is 16.5. The minimum absolute atomic E-state index is 0.260. The molecule has 3 rings (SSSR count). The van der Waals surface area contributed by atoms with Gasteiger partial charge in [-0.1, -0.05) is 6.07 Å². The lowest BCUT2D eigenvalue weighted by molar-refractivity contribution is 0.210. The molecule has 0 saturated carbocycles. The van der Waals surface area contributed by atoms with Gasteiger partial charge in [-0.25, -0.2) is 14.8 Å². The van der Waals surface area contributed by atoms with Crippen molar-refractivity contribution in [2.24, 2.45) is 0 Å². The normalized spacial score (nSPS) is 10.3. The van der Waals surface area contributed by atoms with Gasteiger partial charge in [-0.2, -0.15) is 0 Å². The Morgan fingerprint density at radius 2 is 2.13 bits per heavy atom. The zero-order valence-electron chi connectivity index (χ0n) is 11.9. The number of nitrogens with one attached hydrogen (secondary N) is 1. The summed E-state index contributed by atoms with van der Waals surface area (Å²) in [5, 5.41) is 18.6. The Hall–Kier alpha value is -3.49. The summed E-state index contributed by atoms with van der Waals surface area (Å²) in [4.78, 5) is 18.7. The van der Waals surface area contributed by atoms with Crippen LogP contribution in [0.4, 0.5) is 10.5 Å². The molecule has 0 aliphatic rings. The molecule has 0 atom stereocenters. The van der Waals surface area contributed by atoms with Gasteiger partial charge in [0, 0.05) is 24.7 Å². The summed E-state index contributed by atoms with van der Waals surface area (Å²) in [5.74, 6) is 1.37. The number of hydrogen-bond acceptors (Lipinski definition) is 7. The van der Waals surface area contributed by atoms with Crippen molar-refractivity contribution in [3.05, 3.63) is 42.5 Å². The van der Waals surface area contributed by atoms with Gasteiger partial charge in [0.1, 0.15) is 17.8 Å². The zero-order chi connectivity index (χ0) is 16.2. The van der Waals surface area contributed by atoms with E-state index in [1.54, 1.807) is 31.2 Å². The van der Waals surface area contributed by atoms with Crippen LogP contribution in [0.1, 0.15) is 5.89 Å². The molecule has 2 N–H and O–H groups in total. The quantitative estimate of drug-likeness (QED) is 0.753. The van der Waals surface area contributed by atoms with Gasteiger partial charge in [0.2, 0.25) is 11.8 Å². The Morgan fingerprint density at radius 1 is 1.26 bits per heavy atom. The van der Waals surface area contributed by atoms with Crippen molar-refractivity contribution in [2.45, 2.75) is 6.92 Å². The molecule has 23 heavy (non-hydrogen) atoms. The minimum Gasteiger partial charge on any atom is -0.465 e. The second-order valence-electron chi connectivity index (χ2n) is 4.43. The summed E-state index contributed by atoms with van der Waals surface area (Å²) < 4.78 is 10.9. The summed E-state index contributed by atoms with van der Waals surface area (Å²) >= 11 is 0. The summed E-state index contributed by atoms with van der Waals surface area (Å²) in [6.45, 7) is 1.68. The van der Waals surface area contributed by atoms with Gasteiger partial charge in [0.25, 0.3) is 5.89 Å². The first-order chi connectivity index (χ1) is 11.1. The molecule has 9 nitrogen and oxygen atoms in total. The number of anilines is 1. The van der Waals surface area contributed by atoms with Crippen molar-refractivity contribution >= 4 is 11.8 Å². The number of rotatable bonds is 4. The predicted molar refractivity (Wildman–Crippen MR) is 78.2 cm³/mol. The average molecular weight is 313 g/mol. The molecule has 9 heteroatoms. The lowest BCUT2D eigenvalue weighted by atomic mass is 10.3. The van der Waals surface area contributed by atoms with Crippen LogP contribution in [0.15, 0.2) is 41.1 Å². The van der Waals surface area contributed by atoms with E-state index in [1.807, 2.05) is 0 Å². The standard InChI is InChI=1S/C14H11N5O4/c1-8-18-19-13(22-8)11-6-12(16-7-15-11)23-10-4-2-3-9(5-10)17-14(20)21/h2-7,17H,1H3,(H,20,21). The minimum atomic E-state index is -1.15. The second-order valence-corrected chi connectivity index (χ2v) is 4.43. The number of carboxylic acid groups (broad SMARTS) is 1. The summed E-state index contributed by atoms with van der Waals surface area (Å²) in [6, 6.07) is 8.01. The molecule has 0 bridgehead atoms. The SMILES string of the molecule is Cc1nnc(-c2cc(Oc3cccc(NC(=O)O)c3)ncn2)o1. The van der Waals surface area contributed by atoms with Crippen LogP contribution < -0.4 is 10.1 Å². The van der Waals surface area contributed by atoms with E-state index in [-0.39, 0.29) is 11.8 Å². The molecule has 0 aliphatic carbocycles. The molecule has 0 fully saturated rings. The Labute approximate surface area is 130 Å². The van der Waals surface area contributed by atoms with Gasteiger partial charge in [-0.3, -0.25) is 5.32 Å². The van der Waals surface area contributed by atoms with E-state index in [4.69, 9.17) is 14.3 Å². The van der Waals surface area contributed by atoms with Crippen molar-refractivity contribution in [1.82, 2.24) is 20.2 Å². The van der Waals surface area contributed by atoms with Gasteiger partial charge >= 0.3 is 6.09 Å². The number of hydrogen-bond donors (Lipinski definition) is 2. The molecule has 0 spiro atoms. The van der Waals surface area contributed by atoms with Gasteiger partial charge in [0.05, 0.1) is 0 Å². The maximum absolute atomic E-state index is 10.6. The van der Waals surface area contributed by atoms with Crippen LogP contribution in [0.2, 0.25) is 0 Å². The van der Waals surface area contributed by atoms with E-state index >= 15 is 0 Å². The van der Waals surface area contributed by atoms with Gasteiger partial charge in [-0.05, 0) is 12.1 Å². The highest BCUT2D eigenvalue weighted by Crippen LogP contribution is 2.25. The Morgan fingerprint density at radius 3 is 2.87 bits per heavy atom. The third-order valence-electron chi connectivity index (χ3n) is 2.69. The van der Waals surface area contributed by atoms with E-state index in [0.717, 1.165) is 0 Å². The Kier molecular flexibility index (Phi) is 3.83. The second kappa shape index (κ2) is 6.10. The van der Waals surface area contributed by atoms with E-state index in [9.17, 15) is 4.79 Å². The Balaban J connectivity index is 1.82. The number of carbonyl (C=O) groups is 1. The van der Waals surface area contributed by atoms with Crippen LogP contribution in [0.25, 0.3) is 11.6 Å². The molecular formula is C14H11N5O4. The average Bonchev–Trinajstić information content (AvgIpc) is 2.94. The van der Waals surface area contributed by atoms with Crippen molar-refractivity contribution in [3.8, 4) is 23.2 Å². The van der Waals surface area contributed by atoms with E-state index < -0.39 is 6.09 Å². The van der Waals surface area contributed by atoms with Gasteiger partial charge in [-0.15, -0.1) is 10.2 Å². The molecule has 0 radical (unpaired) electrons. The fourth-order valence-electron chi connectivity index (χ4n) is 1.79. The van der Waals surface area contributed by atoms with Crippen LogP contribution in [0.5, 0.6) is 11.6 Å². The molecular weight excluding hydrogens is 302 g/mol. The van der Waals surface area contributed by atoms with E-state index in [1.165, 1.54) is 12.4 Å². The lowest BCUT2D eigenvalue weighted by Crippen LogP contribution is -2.06. The first-order valence-electron chi connectivity index (χ1n) is 6.50. The van der Waals surface area contributed by atoms with Crippen molar-refractivity contribution in [1.29, 1.82) is 0 Å². The van der Waals surface area contributed by atoms with Crippen molar-refractivity contribution in [3.63, 3.8) is 0 Å². The van der Waals surface area contributed by atoms with Gasteiger partial charge in [0.15, 0.2) is 0 Å². The first kappa shape index (κ1) is 14.4. The summed E-state index contributed by atoms with van der Waals surface area (Å²) in [5.41, 5.74) is 0.812. The third-order valence-corrected chi connectivity index (χ3v) is 2.69. The predicted octanol–water partition coefficient (Wildman–Crippen LogP) is 2.72. The highest BCUT2D eigenvalue weighted by molar-refractivity contribution is 5.83. The fourth-order valence-corrected chi connectivity index (χ4v) is 1.79. The number of aryl methyl sites for hydroxylation is 1. The maximum Gasteiger partial charge on any atom is 0.409 e. The lowest BCUT2D eigenvalue weighted by Gasteiger charge is -2.07. The molecule has 0 unspecified atom stereocenters. The number of amides is 1. The number of nitrogens with zero attached hydrogens (tertiary/aromatic N) is 4. The number of ether oxygens (including phenoxy) is 1. The molecule has 0 saturated heterocycles. The van der Waals surface area contributed by atoms with Crippen LogP contribution in [-0.4, -0.2) is 31.4 Å². The first-order valence-corrected chi connectivity index (χ1v) is 6.50. The summed E-state index contributed by atoms with van der Waals surface area (Å²) in [6.07, 6.45) is 0.155. The van der Waals surface area contributed by atoms with Crippen molar-refractivity contribution in [2.75, 3.05) is 5.32 Å². The molecule has 1 aromatic carbocycles. The maximum atomic E-state index is 10.6. The zero-order valence-corrected chi connectivity index (χ0v) is 11.9. The number of aromatic nitrogens is 4. The van der Waals surface area contributed by atoms with Crippen LogP contribution in [0.3, 0.4) is 0 Å². The van der Waals surface area contributed by atoms with Gasteiger partial charge < -0.3 is 14.3 Å². The van der Waals surface area contributed by atoms with Crippen LogP contribution in [0, 0.1) is 6.92 Å². The van der Waals surface area contributed by atoms with Crippen LogP contribution >= 0.6 is 0 Å².